The highest BCUT2D eigenvalue weighted by molar-refractivity contribution is 5.95. The van der Waals surface area contributed by atoms with Crippen LogP contribution in [0.4, 0.5) is 0 Å². The summed E-state index contributed by atoms with van der Waals surface area (Å²) in [4.78, 5) is 16.9. The first-order valence-corrected chi connectivity index (χ1v) is 8.76. The van der Waals surface area contributed by atoms with Crippen LogP contribution in [0.3, 0.4) is 0 Å². The molecule has 1 saturated carbocycles. The number of carbonyl (C=O) groups excluding carboxylic acids is 1. The van der Waals surface area contributed by atoms with Crippen molar-refractivity contribution in [2.45, 2.75) is 45.1 Å². The normalized spacial score (nSPS) is 23.0. The smallest absolute Gasteiger partial charge is 0.253 e. The maximum atomic E-state index is 12.4. The molecule has 2 aromatic rings. The van der Waals surface area contributed by atoms with Gasteiger partial charge in [-0.25, -0.2) is 0 Å². The van der Waals surface area contributed by atoms with E-state index in [1.165, 1.54) is 0 Å². The van der Waals surface area contributed by atoms with Gasteiger partial charge in [-0.1, -0.05) is 6.92 Å². The number of hydrogen-bond donors (Lipinski definition) is 2. The molecule has 2 N–H and O–H groups in total. The predicted octanol–water partition coefficient (Wildman–Crippen LogP) is 1.37. The molecule has 0 saturated heterocycles. The Morgan fingerprint density at radius 3 is 2.84 bits per heavy atom. The Balaban J connectivity index is 1.60. The first kappa shape index (κ1) is 17.5. The van der Waals surface area contributed by atoms with Crippen molar-refractivity contribution < 1.29 is 9.90 Å². The molecule has 2 heterocycles. The molecular weight excluding hydrogens is 318 g/mol. The molecule has 7 heteroatoms. The van der Waals surface area contributed by atoms with Crippen molar-refractivity contribution in [1.82, 2.24) is 25.1 Å². The molecule has 1 aliphatic rings. The fourth-order valence-corrected chi connectivity index (χ4v) is 3.56. The van der Waals surface area contributed by atoms with E-state index in [1.807, 2.05) is 37.6 Å². The average molecular weight is 343 g/mol. The number of aromatic nitrogens is 4. The van der Waals surface area contributed by atoms with E-state index in [0.717, 1.165) is 30.1 Å². The molecule has 1 amide bonds. The van der Waals surface area contributed by atoms with E-state index in [1.54, 1.807) is 6.33 Å². The number of aliphatic hydroxyl groups excluding tert-OH is 1. The Labute approximate surface area is 147 Å². The van der Waals surface area contributed by atoms with Crippen LogP contribution in [0.25, 0.3) is 0 Å². The lowest BCUT2D eigenvalue weighted by Crippen LogP contribution is -2.33. The Hall–Kier alpha value is -2.28. The predicted molar refractivity (Wildman–Crippen MR) is 93.2 cm³/mol. The first-order chi connectivity index (χ1) is 12.0. The fraction of sp³-hybridized carbons (Fsp3) is 0.556. The molecule has 3 atom stereocenters. The van der Waals surface area contributed by atoms with Gasteiger partial charge >= 0.3 is 0 Å². The zero-order valence-corrected chi connectivity index (χ0v) is 14.9. The number of rotatable bonds is 5. The molecular formula is C18H25N5O2. The quantitative estimate of drug-likeness (QED) is 0.855. The van der Waals surface area contributed by atoms with Crippen molar-refractivity contribution in [3.8, 4) is 0 Å². The second-order valence-corrected chi connectivity index (χ2v) is 6.79. The number of carbonyl (C=O) groups is 1. The molecule has 7 nitrogen and oxygen atoms in total. The molecule has 3 rings (SSSR count). The minimum Gasteiger partial charge on any atom is -0.393 e. The lowest BCUT2D eigenvalue weighted by Gasteiger charge is -2.15. The van der Waals surface area contributed by atoms with Crippen LogP contribution < -0.4 is 5.32 Å². The van der Waals surface area contributed by atoms with Gasteiger partial charge in [0.25, 0.3) is 5.91 Å². The van der Waals surface area contributed by atoms with Gasteiger partial charge < -0.3 is 15.0 Å². The van der Waals surface area contributed by atoms with Gasteiger partial charge in [0.1, 0.15) is 12.2 Å². The van der Waals surface area contributed by atoms with Gasteiger partial charge in [-0.05, 0) is 38.3 Å². The molecule has 1 fully saturated rings. The molecule has 0 aliphatic heterocycles. The highest BCUT2D eigenvalue weighted by Crippen LogP contribution is 2.37. The Bertz CT molecular complexity index is 758. The second kappa shape index (κ2) is 7.31. The van der Waals surface area contributed by atoms with Gasteiger partial charge in [0.15, 0.2) is 0 Å². The highest BCUT2D eigenvalue weighted by Gasteiger charge is 2.36. The van der Waals surface area contributed by atoms with E-state index in [0.29, 0.717) is 18.5 Å². The molecule has 0 spiro atoms. The number of hydrogen-bond acceptors (Lipinski definition) is 5. The van der Waals surface area contributed by atoms with Crippen LogP contribution in [0.5, 0.6) is 0 Å². The van der Waals surface area contributed by atoms with Crippen molar-refractivity contribution >= 4 is 5.91 Å². The summed E-state index contributed by atoms with van der Waals surface area (Å²) >= 11 is 0. The molecule has 25 heavy (non-hydrogen) atoms. The fourth-order valence-electron chi connectivity index (χ4n) is 3.56. The average Bonchev–Trinajstić information content (AvgIpc) is 3.17. The maximum Gasteiger partial charge on any atom is 0.253 e. The summed E-state index contributed by atoms with van der Waals surface area (Å²) in [5.41, 5.74) is 2.31. The molecule has 0 bridgehead atoms. The van der Waals surface area contributed by atoms with Crippen LogP contribution >= 0.6 is 0 Å². The summed E-state index contributed by atoms with van der Waals surface area (Å²) < 4.78 is 1.89. The minimum atomic E-state index is -0.441. The molecule has 134 valence electrons. The zero-order chi connectivity index (χ0) is 18.0. The van der Waals surface area contributed by atoms with Crippen LogP contribution in [0.15, 0.2) is 18.5 Å². The lowest BCUT2D eigenvalue weighted by molar-refractivity contribution is 0.0915. The molecule has 0 aromatic carbocycles. The summed E-state index contributed by atoms with van der Waals surface area (Å²) in [5.74, 6) is 0.954. The lowest BCUT2D eigenvalue weighted by atomic mass is 10.0. The third-order valence-electron chi connectivity index (χ3n) is 5.04. The zero-order valence-electron chi connectivity index (χ0n) is 14.9. The molecule has 1 aliphatic carbocycles. The van der Waals surface area contributed by atoms with Crippen molar-refractivity contribution in [2.75, 3.05) is 6.54 Å². The van der Waals surface area contributed by atoms with Crippen molar-refractivity contribution in [3.05, 3.63) is 41.2 Å². The monoisotopic (exact) mass is 343 g/mol. The van der Waals surface area contributed by atoms with Crippen molar-refractivity contribution in [2.24, 2.45) is 13.0 Å². The SMILES string of the molecule is CCc1ccc(C(=O)NC[C@H]2C[C@H](c3nncn3C)C[C@H]2O)c(C)n1. The topological polar surface area (TPSA) is 92.9 Å². The summed E-state index contributed by atoms with van der Waals surface area (Å²) in [6.07, 6.45) is 3.52. The summed E-state index contributed by atoms with van der Waals surface area (Å²) in [5, 5.41) is 21.3. The van der Waals surface area contributed by atoms with Crippen molar-refractivity contribution in [3.63, 3.8) is 0 Å². The van der Waals surface area contributed by atoms with Crippen LogP contribution in [0, 0.1) is 12.8 Å². The van der Waals surface area contributed by atoms with Gasteiger partial charge in [-0.3, -0.25) is 9.78 Å². The minimum absolute atomic E-state index is 0.0221. The number of aliphatic hydroxyl groups is 1. The van der Waals surface area contributed by atoms with Crippen LogP contribution in [-0.4, -0.2) is 43.4 Å². The molecule has 0 radical (unpaired) electrons. The van der Waals surface area contributed by atoms with Gasteiger partial charge in [0, 0.05) is 31.1 Å². The van der Waals surface area contributed by atoms with Crippen molar-refractivity contribution in [1.29, 1.82) is 0 Å². The van der Waals surface area contributed by atoms with Gasteiger partial charge in [0.2, 0.25) is 0 Å². The first-order valence-electron chi connectivity index (χ1n) is 8.76. The Kier molecular flexibility index (Phi) is 5.13. The maximum absolute atomic E-state index is 12.4. The summed E-state index contributed by atoms with van der Waals surface area (Å²) in [6.45, 7) is 4.34. The number of aryl methyl sites for hydroxylation is 3. The standard InChI is InChI=1S/C18H25N5O2/c1-4-14-5-6-15(11(2)21-14)18(25)19-9-13-7-12(8-16(13)24)17-22-20-10-23(17)3/h5-6,10,12-13,16,24H,4,7-9H2,1-3H3,(H,19,25)/t12-,13+,16+/m0/s1. The third-order valence-corrected chi connectivity index (χ3v) is 5.04. The van der Waals surface area contributed by atoms with E-state index in [4.69, 9.17) is 0 Å². The number of pyridine rings is 1. The second-order valence-electron chi connectivity index (χ2n) is 6.79. The van der Waals surface area contributed by atoms with Crippen LogP contribution in [-0.2, 0) is 13.5 Å². The molecule has 2 aromatic heterocycles. The Morgan fingerprint density at radius 2 is 2.20 bits per heavy atom. The van der Waals surface area contributed by atoms with E-state index >= 15 is 0 Å². The summed E-state index contributed by atoms with van der Waals surface area (Å²) in [6, 6.07) is 3.71. The number of nitrogens with one attached hydrogen (secondary N) is 1. The summed E-state index contributed by atoms with van der Waals surface area (Å²) in [7, 11) is 1.91. The van der Waals surface area contributed by atoms with E-state index < -0.39 is 6.10 Å². The van der Waals surface area contributed by atoms with Crippen LogP contribution in [0.1, 0.15) is 53.3 Å². The van der Waals surface area contributed by atoms with E-state index in [2.05, 4.69) is 20.5 Å². The number of amides is 1. The van der Waals surface area contributed by atoms with Crippen LogP contribution in [0.2, 0.25) is 0 Å². The van der Waals surface area contributed by atoms with Gasteiger partial charge in [-0.15, -0.1) is 10.2 Å². The Morgan fingerprint density at radius 1 is 1.40 bits per heavy atom. The third kappa shape index (κ3) is 3.71. The van der Waals surface area contributed by atoms with E-state index in [-0.39, 0.29) is 17.7 Å². The van der Waals surface area contributed by atoms with Gasteiger partial charge in [0.05, 0.1) is 17.4 Å². The van der Waals surface area contributed by atoms with Gasteiger partial charge in [-0.2, -0.15) is 0 Å². The number of nitrogens with zero attached hydrogens (tertiary/aromatic N) is 4. The largest absolute Gasteiger partial charge is 0.393 e. The molecule has 0 unspecified atom stereocenters. The van der Waals surface area contributed by atoms with E-state index in [9.17, 15) is 9.90 Å². The highest BCUT2D eigenvalue weighted by atomic mass is 16.3.